The van der Waals surface area contributed by atoms with Crippen LogP contribution in [-0.4, -0.2) is 55.0 Å². The van der Waals surface area contributed by atoms with Crippen molar-refractivity contribution >= 4 is 29.7 Å². The number of halogens is 1. The van der Waals surface area contributed by atoms with E-state index in [0.717, 1.165) is 39.0 Å². The average Bonchev–Trinajstić information content (AvgIpc) is 3.05. The molecule has 20 heavy (non-hydrogen) atoms. The number of hydrogen-bond donors (Lipinski definition) is 1. The van der Waals surface area contributed by atoms with Gasteiger partial charge in [0.05, 0.1) is 6.54 Å². The van der Waals surface area contributed by atoms with Crippen molar-refractivity contribution in [1.82, 2.24) is 15.1 Å². The lowest BCUT2D eigenvalue weighted by atomic mass is 10.1. The number of nitrogens with zero attached hydrogens (tertiary/aromatic N) is 2. The molecule has 1 unspecified atom stereocenters. The lowest BCUT2D eigenvalue weighted by Crippen LogP contribution is -2.42. The standard InChI is InChI=1S/C14H21N3OS.ClH/c1-15-12-2-5-16(9-12)10-14(18)17-6-3-13-11(8-17)4-7-19-13;/h4,7,12,15H,2-3,5-6,8-10H2,1H3;1H. The summed E-state index contributed by atoms with van der Waals surface area (Å²) in [7, 11) is 2.00. The van der Waals surface area contributed by atoms with Gasteiger partial charge in [0.25, 0.3) is 0 Å². The molecule has 112 valence electrons. The van der Waals surface area contributed by atoms with Gasteiger partial charge in [-0.3, -0.25) is 9.69 Å². The summed E-state index contributed by atoms with van der Waals surface area (Å²) in [6, 6.07) is 2.71. The zero-order valence-corrected chi connectivity index (χ0v) is 13.4. The number of thiophene rings is 1. The first-order valence-corrected chi connectivity index (χ1v) is 7.87. The van der Waals surface area contributed by atoms with E-state index in [-0.39, 0.29) is 18.3 Å². The lowest BCUT2D eigenvalue weighted by molar-refractivity contribution is -0.133. The number of hydrogen-bond acceptors (Lipinski definition) is 4. The molecule has 0 spiro atoms. The second-order valence-electron chi connectivity index (χ2n) is 5.44. The molecule has 1 saturated heterocycles. The van der Waals surface area contributed by atoms with Crippen molar-refractivity contribution in [2.24, 2.45) is 0 Å². The predicted octanol–water partition coefficient (Wildman–Crippen LogP) is 1.35. The smallest absolute Gasteiger partial charge is 0.237 e. The normalized spacial score (nSPS) is 22.4. The summed E-state index contributed by atoms with van der Waals surface area (Å²) < 4.78 is 0. The zero-order valence-electron chi connectivity index (χ0n) is 11.8. The van der Waals surface area contributed by atoms with Gasteiger partial charge in [-0.25, -0.2) is 0 Å². The summed E-state index contributed by atoms with van der Waals surface area (Å²) in [6.45, 7) is 4.31. The fraction of sp³-hybridized carbons (Fsp3) is 0.643. The van der Waals surface area contributed by atoms with Gasteiger partial charge in [0.15, 0.2) is 0 Å². The molecular formula is C14H22ClN3OS. The van der Waals surface area contributed by atoms with Gasteiger partial charge in [-0.05, 0) is 36.9 Å². The monoisotopic (exact) mass is 315 g/mol. The summed E-state index contributed by atoms with van der Waals surface area (Å²) in [5, 5.41) is 5.43. The van der Waals surface area contributed by atoms with Gasteiger partial charge in [-0.1, -0.05) is 0 Å². The molecule has 3 heterocycles. The number of amides is 1. The van der Waals surface area contributed by atoms with Crippen LogP contribution in [0.15, 0.2) is 11.4 Å². The lowest BCUT2D eigenvalue weighted by Gasteiger charge is -2.28. The summed E-state index contributed by atoms with van der Waals surface area (Å²) in [5.74, 6) is 0.286. The summed E-state index contributed by atoms with van der Waals surface area (Å²) in [5.41, 5.74) is 1.35. The number of carbonyl (C=O) groups excluding carboxylic acids is 1. The van der Waals surface area contributed by atoms with E-state index in [1.54, 1.807) is 0 Å². The third-order valence-corrected chi connectivity index (χ3v) is 5.22. The van der Waals surface area contributed by atoms with Crippen molar-refractivity contribution < 1.29 is 4.79 Å². The van der Waals surface area contributed by atoms with Gasteiger partial charge in [0.2, 0.25) is 5.91 Å². The van der Waals surface area contributed by atoms with Crippen molar-refractivity contribution in [2.45, 2.75) is 25.4 Å². The van der Waals surface area contributed by atoms with Crippen LogP contribution in [0.3, 0.4) is 0 Å². The molecule has 1 aromatic rings. The van der Waals surface area contributed by atoms with Crippen molar-refractivity contribution in [3.8, 4) is 0 Å². The molecule has 1 fully saturated rings. The van der Waals surface area contributed by atoms with Crippen LogP contribution in [-0.2, 0) is 17.8 Å². The van der Waals surface area contributed by atoms with Gasteiger partial charge >= 0.3 is 0 Å². The Morgan fingerprint density at radius 2 is 2.35 bits per heavy atom. The molecule has 4 nitrogen and oxygen atoms in total. The minimum absolute atomic E-state index is 0. The molecule has 1 N–H and O–H groups in total. The Hall–Kier alpha value is -0.620. The Morgan fingerprint density at radius 3 is 3.10 bits per heavy atom. The van der Waals surface area contributed by atoms with Crippen LogP contribution in [0.5, 0.6) is 0 Å². The van der Waals surface area contributed by atoms with Crippen LogP contribution >= 0.6 is 23.7 Å². The van der Waals surface area contributed by atoms with E-state index in [9.17, 15) is 4.79 Å². The Labute approximate surface area is 130 Å². The highest BCUT2D eigenvalue weighted by atomic mass is 35.5. The first-order valence-electron chi connectivity index (χ1n) is 6.99. The maximum atomic E-state index is 12.3. The van der Waals surface area contributed by atoms with Crippen molar-refractivity contribution in [3.05, 3.63) is 21.9 Å². The Balaban J connectivity index is 0.00000147. The SMILES string of the molecule is CNC1CCN(CC(=O)N2CCc3sccc3C2)C1.Cl. The number of likely N-dealkylation sites (N-methyl/N-ethyl adjacent to an activating group) is 1. The molecule has 1 atom stereocenters. The van der Waals surface area contributed by atoms with Gasteiger partial charge in [0, 0.05) is 37.1 Å². The van der Waals surface area contributed by atoms with E-state index < -0.39 is 0 Å². The Bertz CT molecular complexity index is 465. The van der Waals surface area contributed by atoms with Crippen molar-refractivity contribution in [1.29, 1.82) is 0 Å². The molecule has 3 rings (SSSR count). The molecule has 1 aromatic heterocycles. The van der Waals surface area contributed by atoms with Gasteiger partial charge in [-0.15, -0.1) is 23.7 Å². The van der Waals surface area contributed by atoms with Crippen LogP contribution in [0, 0.1) is 0 Å². The van der Waals surface area contributed by atoms with E-state index >= 15 is 0 Å². The fourth-order valence-corrected chi connectivity index (χ4v) is 3.85. The van der Waals surface area contributed by atoms with Crippen LogP contribution in [0.4, 0.5) is 0 Å². The van der Waals surface area contributed by atoms with Crippen molar-refractivity contribution in [2.75, 3.05) is 33.2 Å². The molecule has 0 saturated carbocycles. The summed E-state index contributed by atoms with van der Waals surface area (Å²) in [6.07, 6.45) is 2.18. The van der Waals surface area contributed by atoms with Crippen LogP contribution in [0.2, 0.25) is 0 Å². The van der Waals surface area contributed by atoms with Gasteiger partial charge in [0.1, 0.15) is 0 Å². The Kier molecular flexibility index (Phi) is 5.43. The summed E-state index contributed by atoms with van der Waals surface area (Å²) >= 11 is 1.82. The highest BCUT2D eigenvalue weighted by Gasteiger charge is 2.26. The van der Waals surface area contributed by atoms with Crippen LogP contribution < -0.4 is 5.32 Å². The number of likely N-dealkylation sites (tertiary alicyclic amines) is 1. The Morgan fingerprint density at radius 1 is 1.50 bits per heavy atom. The zero-order chi connectivity index (χ0) is 13.2. The van der Waals surface area contributed by atoms with E-state index in [1.165, 1.54) is 10.4 Å². The third kappa shape index (κ3) is 3.34. The number of fused-ring (bicyclic) bond motifs is 1. The number of rotatable bonds is 3. The van der Waals surface area contributed by atoms with E-state index in [4.69, 9.17) is 0 Å². The second kappa shape index (κ2) is 6.89. The highest BCUT2D eigenvalue weighted by Crippen LogP contribution is 2.24. The minimum atomic E-state index is 0. The molecular weight excluding hydrogens is 294 g/mol. The largest absolute Gasteiger partial charge is 0.337 e. The molecule has 0 radical (unpaired) electrons. The van der Waals surface area contributed by atoms with Crippen LogP contribution in [0.1, 0.15) is 16.9 Å². The predicted molar refractivity (Wildman–Crippen MR) is 84.6 cm³/mol. The number of nitrogens with one attached hydrogen (secondary N) is 1. The molecule has 2 aliphatic rings. The summed E-state index contributed by atoms with van der Waals surface area (Å²) in [4.78, 5) is 18.1. The fourth-order valence-electron chi connectivity index (χ4n) is 2.96. The average molecular weight is 316 g/mol. The quantitative estimate of drug-likeness (QED) is 0.914. The second-order valence-corrected chi connectivity index (χ2v) is 6.44. The molecule has 2 aliphatic heterocycles. The van der Waals surface area contributed by atoms with Crippen molar-refractivity contribution in [3.63, 3.8) is 0 Å². The molecule has 1 amide bonds. The minimum Gasteiger partial charge on any atom is -0.337 e. The topological polar surface area (TPSA) is 35.6 Å². The molecule has 0 bridgehead atoms. The van der Waals surface area contributed by atoms with Gasteiger partial charge in [-0.2, -0.15) is 0 Å². The van der Waals surface area contributed by atoms with E-state index in [0.29, 0.717) is 12.6 Å². The molecule has 0 aliphatic carbocycles. The highest BCUT2D eigenvalue weighted by molar-refractivity contribution is 7.10. The van der Waals surface area contributed by atoms with Crippen LogP contribution in [0.25, 0.3) is 0 Å². The van der Waals surface area contributed by atoms with E-state index in [2.05, 4.69) is 21.7 Å². The van der Waals surface area contributed by atoms with E-state index in [1.807, 2.05) is 23.3 Å². The maximum Gasteiger partial charge on any atom is 0.237 e. The van der Waals surface area contributed by atoms with Gasteiger partial charge < -0.3 is 10.2 Å². The third-order valence-electron chi connectivity index (χ3n) is 4.20. The molecule has 0 aromatic carbocycles. The first-order chi connectivity index (χ1) is 9.26. The first kappa shape index (κ1) is 15.8. The molecule has 6 heteroatoms. The number of carbonyl (C=O) groups is 1. The maximum absolute atomic E-state index is 12.3.